The average molecular weight is 285 g/mol. The molecule has 3 atom stereocenters. The minimum absolute atomic E-state index is 0.105. The number of aromatic nitrogens is 1. The van der Waals surface area contributed by atoms with E-state index in [1.807, 2.05) is 12.3 Å². The molecule has 1 aromatic rings. The predicted molar refractivity (Wildman–Crippen MR) is 83.7 cm³/mol. The van der Waals surface area contributed by atoms with Gasteiger partial charge in [0, 0.05) is 18.4 Å². The molecule has 0 amide bonds. The molecule has 21 heavy (non-hydrogen) atoms. The number of hydrogen-bond donors (Lipinski definition) is 3. The Kier molecular flexibility index (Phi) is 4.08. The van der Waals surface area contributed by atoms with Gasteiger partial charge in [-0.1, -0.05) is 18.2 Å². The van der Waals surface area contributed by atoms with Gasteiger partial charge in [-0.25, -0.2) is 0 Å². The Balaban J connectivity index is 1.85. The Morgan fingerprint density at radius 2 is 2.05 bits per heavy atom. The zero-order valence-electron chi connectivity index (χ0n) is 12.6. The molecule has 0 aliphatic carbocycles. The highest BCUT2D eigenvalue weighted by atomic mass is 16.3. The van der Waals surface area contributed by atoms with Gasteiger partial charge in [0.15, 0.2) is 0 Å². The Bertz CT molecular complexity index is 579. The minimum atomic E-state index is -0.296. The van der Waals surface area contributed by atoms with Crippen molar-refractivity contribution in [1.29, 1.82) is 0 Å². The molecule has 2 aliphatic heterocycles. The zero-order valence-corrected chi connectivity index (χ0v) is 12.6. The van der Waals surface area contributed by atoms with Crippen molar-refractivity contribution in [2.24, 2.45) is 0 Å². The lowest BCUT2D eigenvalue weighted by atomic mass is 9.89. The summed E-state index contributed by atoms with van der Waals surface area (Å²) in [4.78, 5) is 4.51. The largest absolute Gasteiger partial charge is 0.393 e. The van der Waals surface area contributed by atoms with Crippen LogP contribution in [0.2, 0.25) is 0 Å². The molecule has 0 radical (unpaired) electrons. The summed E-state index contributed by atoms with van der Waals surface area (Å²) in [5, 5.41) is 17.4. The molecule has 3 N–H and O–H groups in total. The Labute approximate surface area is 126 Å². The van der Waals surface area contributed by atoms with Gasteiger partial charge in [-0.2, -0.15) is 0 Å². The highest BCUT2D eigenvalue weighted by Crippen LogP contribution is 2.29. The van der Waals surface area contributed by atoms with E-state index in [2.05, 4.69) is 47.7 Å². The van der Waals surface area contributed by atoms with Crippen LogP contribution in [-0.2, 0) is 0 Å². The molecule has 2 aliphatic rings. The first kappa shape index (κ1) is 14.3. The van der Waals surface area contributed by atoms with Crippen molar-refractivity contribution in [3.63, 3.8) is 0 Å². The molecule has 3 rings (SSSR count). The van der Waals surface area contributed by atoms with Crippen molar-refractivity contribution in [3.05, 3.63) is 53.0 Å². The third-order valence-corrected chi connectivity index (χ3v) is 4.35. The molecule has 0 spiro atoms. The number of piperidine rings is 1. The molecule has 1 aromatic heterocycles. The summed E-state index contributed by atoms with van der Waals surface area (Å²) in [5.41, 5.74) is 4.66. The fraction of sp³-hybridized carbons (Fsp3) is 0.471. The van der Waals surface area contributed by atoms with Crippen LogP contribution in [0.15, 0.2) is 41.8 Å². The first-order valence-electron chi connectivity index (χ1n) is 7.62. The molecule has 112 valence electrons. The number of hydrogen-bond acceptors (Lipinski definition) is 4. The maximum atomic E-state index is 10.3. The van der Waals surface area contributed by atoms with Gasteiger partial charge in [0.1, 0.15) is 0 Å². The SMILES string of the molecule is CC1=C([C@H]2C[C@H](O)C[C@@H](c3ncccc3C)N2)NCC=C1. The van der Waals surface area contributed by atoms with E-state index in [0.717, 1.165) is 25.1 Å². The monoisotopic (exact) mass is 285 g/mol. The summed E-state index contributed by atoms with van der Waals surface area (Å²) in [6.45, 7) is 5.04. The second-order valence-corrected chi connectivity index (χ2v) is 5.98. The molecule has 1 fully saturated rings. The number of aryl methyl sites for hydroxylation is 1. The van der Waals surface area contributed by atoms with E-state index >= 15 is 0 Å². The van der Waals surface area contributed by atoms with E-state index in [4.69, 9.17) is 0 Å². The number of allylic oxidation sites excluding steroid dienone is 2. The van der Waals surface area contributed by atoms with Crippen LogP contribution in [0.25, 0.3) is 0 Å². The molecule has 0 saturated carbocycles. The van der Waals surface area contributed by atoms with Gasteiger partial charge in [-0.15, -0.1) is 0 Å². The third-order valence-electron chi connectivity index (χ3n) is 4.35. The number of aliphatic hydroxyl groups excluding tert-OH is 1. The number of rotatable bonds is 2. The summed E-state index contributed by atoms with van der Waals surface area (Å²) in [6.07, 6.45) is 7.27. The van der Waals surface area contributed by atoms with E-state index in [1.165, 1.54) is 16.8 Å². The van der Waals surface area contributed by atoms with Gasteiger partial charge in [0.05, 0.1) is 23.9 Å². The fourth-order valence-corrected chi connectivity index (χ4v) is 3.31. The standard InChI is InChI=1S/C17H23N3O/c1-11-5-3-7-18-16(11)14-9-13(21)10-15(20-14)17-12(2)6-4-8-19-17/h3-7,13-15,19-21H,8-10H2,1-2H3/t13-,14+,15-/m1/s1. The van der Waals surface area contributed by atoms with E-state index in [1.54, 1.807) is 0 Å². The van der Waals surface area contributed by atoms with Gasteiger partial charge in [0.25, 0.3) is 0 Å². The molecule has 0 unspecified atom stereocenters. The smallest absolute Gasteiger partial charge is 0.0603 e. The van der Waals surface area contributed by atoms with E-state index < -0.39 is 0 Å². The molecule has 1 saturated heterocycles. The highest BCUT2D eigenvalue weighted by molar-refractivity contribution is 5.32. The van der Waals surface area contributed by atoms with E-state index in [-0.39, 0.29) is 18.2 Å². The molecular weight excluding hydrogens is 262 g/mol. The van der Waals surface area contributed by atoms with Crippen LogP contribution in [0, 0.1) is 6.92 Å². The van der Waals surface area contributed by atoms with Crippen molar-refractivity contribution < 1.29 is 5.11 Å². The minimum Gasteiger partial charge on any atom is -0.393 e. The normalized spacial score (nSPS) is 29.4. The second kappa shape index (κ2) is 6.00. The summed E-state index contributed by atoms with van der Waals surface area (Å²) >= 11 is 0. The molecule has 4 heteroatoms. The van der Waals surface area contributed by atoms with Gasteiger partial charge < -0.3 is 15.7 Å². The summed E-state index contributed by atoms with van der Waals surface area (Å²) in [7, 11) is 0. The summed E-state index contributed by atoms with van der Waals surface area (Å²) in [5.74, 6) is 0. The number of nitrogens with zero attached hydrogens (tertiary/aromatic N) is 1. The first-order valence-corrected chi connectivity index (χ1v) is 7.62. The number of aliphatic hydroxyl groups is 1. The van der Waals surface area contributed by atoms with Gasteiger partial charge in [-0.3, -0.25) is 4.98 Å². The summed E-state index contributed by atoms with van der Waals surface area (Å²) in [6, 6.07) is 4.29. The first-order chi connectivity index (χ1) is 10.1. The molecule has 4 nitrogen and oxygen atoms in total. The summed E-state index contributed by atoms with van der Waals surface area (Å²) < 4.78 is 0. The quantitative estimate of drug-likeness (QED) is 0.778. The maximum absolute atomic E-state index is 10.3. The maximum Gasteiger partial charge on any atom is 0.0603 e. The van der Waals surface area contributed by atoms with Crippen molar-refractivity contribution in [3.8, 4) is 0 Å². The fourth-order valence-electron chi connectivity index (χ4n) is 3.31. The Hall–Kier alpha value is -1.65. The van der Waals surface area contributed by atoms with Crippen LogP contribution in [-0.4, -0.2) is 28.8 Å². The zero-order chi connectivity index (χ0) is 14.8. The Morgan fingerprint density at radius 1 is 1.24 bits per heavy atom. The van der Waals surface area contributed by atoms with E-state index in [9.17, 15) is 5.11 Å². The lowest BCUT2D eigenvalue weighted by Gasteiger charge is -2.37. The van der Waals surface area contributed by atoms with Crippen molar-refractivity contribution in [1.82, 2.24) is 15.6 Å². The van der Waals surface area contributed by atoms with Crippen molar-refractivity contribution >= 4 is 0 Å². The van der Waals surface area contributed by atoms with Crippen LogP contribution in [0.5, 0.6) is 0 Å². The van der Waals surface area contributed by atoms with Gasteiger partial charge >= 0.3 is 0 Å². The second-order valence-electron chi connectivity index (χ2n) is 5.98. The van der Waals surface area contributed by atoms with Crippen LogP contribution in [0.4, 0.5) is 0 Å². The van der Waals surface area contributed by atoms with Crippen molar-refractivity contribution in [2.45, 2.75) is 44.9 Å². The van der Waals surface area contributed by atoms with Gasteiger partial charge in [-0.05, 0) is 43.9 Å². The highest BCUT2D eigenvalue weighted by Gasteiger charge is 2.32. The van der Waals surface area contributed by atoms with Gasteiger partial charge in [0.2, 0.25) is 0 Å². The van der Waals surface area contributed by atoms with Crippen LogP contribution < -0.4 is 10.6 Å². The van der Waals surface area contributed by atoms with E-state index in [0.29, 0.717) is 0 Å². The van der Waals surface area contributed by atoms with Crippen LogP contribution in [0.1, 0.15) is 37.1 Å². The number of nitrogens with one attached hydrogen (secondary N) is 2. The number of pyridine rings is 1. The molecular formula is C17H23N3O. The van der Waals surface area contributed by atoms with Crippen LogP contribution in [0.3, 0.4) is 0 Å². The van der Waals surface area contributed by atoms with Crippen LogP contribution >= 0.6 is 0 Å². The number of dihydropyridines is 1. The molecule has 0 aromatic carbocycles. The predicted octanol–water partition coefficient (Wildman–Crippen LogP) is 1.98. The molecule has 3 heterocycles. The van der Waals surface area contributed by atoms with Crippen molar-refractivity contribution in [2.75, 3.05) is 6.54 Å². The lowest BCUT2D eigenvalue weighted by Crippen LogP contribution is -2.47. The average Bonchev–Trinajstić information content (AvgIpc) is 2.47. The topological polar surface area (TPSA) is 57.2 Å². The molecule has 0 bridgehead atoms. The Morgan fingerprint density at radius 3 is 2.81 bits per heavy atom. The third kappa shape index (κ3) is 3.01. The lowest BCUT2D eigenvalue weighted by molar-refractivity contribution is 0.0982.